The number of aliphatic hydroxyl groups excluding tert-OH is 2. The number of halogens is 4. The van der Waals surface area contributed by atoms with Crippen LogP contribution in [0.15, 0.2) is 0 Å². The molecule has 0 aliphatic carbocycles. The van der Waals surface area contributed by atoms with E-state index in [0.717, 1.165) is 0 Å². The molecule has 0 aliphatic rings. The van der Waals surface area contributed by atoms with Gasteiger partial charge in [0.2, 0.25) is 0 Å². The van der Waals surface area contributed by atoms with Crippen LogP contribution in [0.1, 0.15) is 19.8 Å². The summed E-state index contributed by atoms with van der Waals surface area (Å²) in [5, 5.41) is 17.3. The van der Waals surface area contributed by atoms with E-state index >= 15 is 0 Å². The lowest BCUT2D eigenvalue weighted by Crippen LogP contribution is -2.33. The maximum Gasteiger partial charge on any atom is 0.123 e. The molecule has 2 N–H and O–H groups in total. The van der Waals surface area contributed by atoms with Gasteiger partial charge < -0.3 is 10.2 Å². The third-order valence-electron chi connectivity index (χ3n) is 1.79. The molecule has 6 heteroatoms. The smallest absolute Gasteiger partial charge is 0.123 e. The van der Waals surface area contributed by atoms with Gasteiger partial charge in [0.1, 0.15) is 4.33 Å². The van der Waals surface area contributed by atoms with Crippen molar-refractivity contribution in [2.24, 2.45) is 0 Å². The molecule has 0 saturated heterocycles. The summed E-state index contributed by atoms with van der Waals surface area (Å²) in [4.78, 5) is 0. The lowest BCUT2D eigenvalue weighted by Gasteiger charge is -2.25. The van der Waals surface area contributed by atoms with Crippen molar-refractivity contribution in [2.45, 2.75) is 41.0 Å². The summed E-state index contributed by atoms with van der Waals surface area (Å²) in [6.45, 7) is 1.54. The summed E-state index contributed by atoms with van der Waals surface area (Å²) < 4.78 is -1.16. The molecule has 0 amide bonds. The molecule has 86 valence electrons. The summed E-state index contributed by atoms with van der Waals surface area (Å²) >= 11 is 23.2. The van der Waals surface area contributed by atoms with Crippen molar-refractivity contribution in [1.82, 2.24) is 0 Å². The first-order valence-electron chi connectivity index (χ1n) is 4.25. The van der Waals surface area contributed by atoms with E-state index in [1.54, 1.807) is 6.92 Å². The molecule has 0 aromatic heterocycles. The molecule has 0 bridgehead atoms. The SMILES string of the molecule is CC(Cl)C(Cl)C(O)CC(Cl)(Cl)CCO. The van der Waals surface area contributed by atoms with Crippen molar-refractivity contribution in [3.8, 4) is 0 Å². The minimum atomic E-state index is -1.16. The Labute approximate surface area is 104 Å². The summed E-state index contributed by atoms with van der Waals surface area (Å²) in [5.41, 5.74) is 0. The third kappa shape index (κ3) is 5.84. The van der Waals surface area contributed by atoms with Crippen LogP contribution < -0.4 is 0 Å². The van der Waals surface area contributed by atoms with E-state index in [1.165, 1.54) is 0 Å². The largest absolute Gasteiger partial charge is 0.396 e. The predicted molar refractivity (Wildman–Crippen MR) is 61.7 cm³/mol. The van der Waals surface area contributed by atoms with Gasteiger partial charge in [-0.05, 0) is 6.92 Å². The number of hydrogen-bond acceptors (Lipinski definition) is 2. The van der Waals surface area contributed by atoms with E-state index < -0.39 is 15.8 Å². The van der Waals surface area contributed by atoms with Crippen molar-refractivity contribution >= 4 is 46.4 Å². The highest BCUT2D eigenvalue weighted by Crippen LogP contribution is 2.32. The van der Waals surface area contributed by atoms with E-state index in [-0.39, 0.29) is 24.8 Å². The average molecular weight is 284 g/mol. The van der Waals surface area contributed by atoms with Crippen LogP contribution in [0, 0.1) is 0 Å². The van der Waals surface area contributed by atoms with Crippen molar-refractivity contribution in [1.29, 1.82) is 0 Å². The zero-order chi connectivity index (χ0) is 11.4. The monoisotopic (exact) mass is 282 g/mol. The van der Waals surface area contributed by atoms with Gasteiger partial charge in [-0.15, -0.1) is 46.4 Å². The van der Waals surface area contributed by atoms with Gasteiger partial charge in [0, 0.05) is 24.8 Å². The Morgan fingerprint density at radius 1 is 1.29 bits per heavy atom. The second-order valence-electron chi connectivity index (χ2n) is 3.22. The summed E-state index contributed by atoms with van der Waals surface area (Å²) in [6, 6.07) is 0. The maximum absolute atomic E-state index is 9.58. The Balaban J connectivity index is 4.09. The maximum atomic E-state index is 9.58. The minimum Gasteiger partial charge on any atom is -0.396 e. The van der Waals surface area contributed by atoms with Crippen LogP contribution in [0.2, 0.25) is 0 Å². The standard InChI is InChI=1S/C8H14Cl4O2/c1-5(9)7(10)6(14)4-8(11,12)2-3-13/h5-7,13-14H,2-4H2,1H3. The van der Waals surface area contributed by atoms with E-state index in [2.05, 4.69) is 0 Å². The number of alkyl halides is 4. The molecule has 0 aromatic rings. The molecule has 2 nitrogen and oxygen atoms in total. The Morgan fingerprint density at radius 2 is 1.79 bits per heavy atom. The fourth-order valence-electron chi connectivity index (χ4n) is 0.990. The topological polar surface area (TPSA) is 40.5 Å². The molecule has 0 rings (SSSR count). The van der Waals surface area contributed by atoms with Gasteiger partial charge in [-0.25, -0.2) is 0 Å². The van der Waals surface area contributed by atoms with Crippen molar-refractivity contribution in [3.63, 3.8) is 0 Å². The van der Waals surface area contributed by atoms with Crippen LogP contribution in [0.5, 0.6) is 0 Å². The van der Waals surface area contributed by atoms with Crippen LogP contribution in [-0.2, 0) is 0 Å². The van der Waals surface area contributed by atoms with Crippen LogP contribution in [0.4, 0.5) is 0 Å². The van der Waals surface area contributed by atoms with Gasteiger partial charge in [-0.2, -0.15) is 0 Å². The number of rotatable bonds is 6. The summed E-state index contributed by atoms with van der Waals surface area (Å²) in [6.07, 6.45) is -0.610. The average Bonchev–Trinajstić information content (AvgIpc) is 2.01. The molecule has 3 unspecified atom stereocenters. The molecule has 0 saturated carbocycles. The normalized spacial score (nSPS) is 19.1. The first-order valence-corrected chi connectivity index (χ1v) is 5.88. The van der Waals surface area contributed by atoms with Gasteiger partial charge >= 0.3 is 0 Å². The predicted octanol–water partition coefficient (Wildman–Crippen LogP) is 2.53. The molecular weight excluding hydrogens is 270 g/mol. The molecule has 0 fully saturated rings. The molecule has 0 aromatic carbocycles. The molecule has 14 heavy (non-hydrogen) atoms. The van der Waals surface area contributed by atoms with Gasteiger partial charge in [0.25, 0.3) is 0 Å². The Bertz CT molecular complexity index is 163. The third-order valence-corrected chi connectivity index (χ3v) is 3.55. The zero-order valence-corrected chi connectivity index (χ0v) is 10.8. The van der Waals surface area contributed by atoms with Crippen LogP contribution in [0.25, 0.3) is 0 Å². The first kappa shape index (κ1) is 15.1. The summed E-state index contributed by atoms with van der Waals surface area (Å²) in [7, 11) is 0. The molecule has 0 heterocycles. The number of hydrogen-bond donors (Lipinski definition) is 2. The minimum absolute atomic E-state index is 0.0852. The van der Waals surface area contributed by atoms with Crippen LogP contribution >= 0.6 is 46.4 Å². The Kier molecular flexibility index (Phi) is 7.13. The highest BCUT2D eigenvalue weighted by atomic mass is 35.5. The van der Waals surface area contributed by atoms with E-state index in [0.29, 0.717) is 0 Å². The first-order chi connectivity index (χ1) is 6.30. The van der Waals surface area contributed by atoms with E-state index in [4.69, 9.17) is 51.5 Å². The van der Waals surface area contributed by atoms with Crippen molar-refractivity contribution < 1.29 is 10.2 Å². The second-order valence-corrected chi connectivity index (χ2v) is 6.06. The van der Waals surface area contributed by atoms with E-state index in [1.807, 2.05) is 0 Å². The van der Waals surface area contributed by atoms with Crippen molar-refractivity contribution in [2.75, 3.05) is 6.61 Å². The highest BCUT2D eigenvalue weighted by Gasteiger charge is 2.31. The molecular formula is C8H14Cl4O2. The Hall–Kier alpha value is 1.08. The number of aliphatic hydroxyl groups is 2. The van der Waals surface area contributed by atoms with Crippen LogP contribution in [-0.4, -0.2) is 38.0 Å². The molecule has 3 atom stereocenters. The van der Waals surface area contributed by atoms with Gasteiger partial charge in [0.05, 0.1) is 11.5 Å². The fourth-order valence-corrected chi connectivity index (χ4v) is 1.73. The second kappa shape index (κ2) is 6.62. The summed E-state index contributed by atoms with van der Waals surface area (Å²) in [5.74, 6) is 0. The van der Waals surface area contributed by atoms with E-state index in [9.17, 15) is 5.11 Å². The lowest BCUT2D eigenvalue weighted by atomic mass is 10.1. The fraction of sp³-hybridized carbons (Fsp3) is 1.00. The van der Waals surface area contributed by atoms with Crippen molar-refractivity contribution in [3.05, 3.63) is 0 Å². The highest BCUT2D eigenvalue weighted by molar-refractivity contribution is 6.48. The lowest BCUT2D eigenvalue weighted by molar-refractivity contribution is 0.147. The molecule has 0 radical (unpaired) electrons. The van der Waals surface area contributed by atoms with Gasteiger partial charge in [0.15, 0.2) is 0 Å². The molecule has 0 spiro atoms. The van der Waals surface area contributed by atoms with Crippen LogP contribution in [0.3, 0.4) is 0 Å². The molecule has 0 aliphatic heterocycles. The zero-order valence-electron chi connectivity index (χ0n) is 7.76. The van der Waals surface area contributed by atoms with Gasteiger partial charge in [-0.1, -0.05) is 0 Å². The van der Waals surface area contributed by atoms with Gasteiger partial charge in [-0.3, -0.25) is 0 Å². The Morgan fingerprint density at radius 3 is 2.14 bits per heavy atom. The quantitative estimate of drug-likeness (QED) is 0.736.